The van der Waals surface area contributed by atoms with Gasteiger partial charge in [-0.15, -0.1) is 23.5 Å². The highest BCUT2D eigenvalue weighted by molar-refractivity contribution is 8.04. The van der Waals surface area contributed by atoms with E-state index in [0.29, 0.717) is 16.5 Å². The van der Waals surface area contributed by atoms with E-state index in [1.165, 1.54) is 0 Å². The molecule has 2 saturated heterocycles. The van der Waals surface area contributed by atoms with Gasteiger partial charge in [-0.25, -0.2) is 0 Å². The fourth-order valence-corrected chi connectivity index (χ4v) is 5.84. The van der Waals surface area contributed by atoms with Gasteiger partial charge in [-0.05, 0) is 31.5 Å². The van der Waals surface area contributed by atoms with E-state index in [1.54, 1.807) is 28.4 Å². The van der Waals surface area contributed by atoms with Crippen LogP contribution in [0.4, 0.5) is 0 Å². The van der Waals surface area contributed by atoms with Crippen molar-refractivity contribution in [1.82, 2.24) is 10.2 Å². The monoisotopic (exact) mass is 370 g/mol. The van der Waals surface area contributed by atoms with E-state index in [4.69, 9.17) is 11.6 Å². The second-order valence-electron chi connectivity index (χ2n) is 6.04. The summed E-state index contributed by atoms with van der Waals surface area (Å²) in [6, 6.07) is 6.94. The van der Waals surface area contributed by atoms with Crippen LogP contribution in [0.3, 0.4) is 0 Å². The molecule has 1 aromatic rings. The minimum atomic E-state index is -0.381. The lowest BCUT2D eigenvalue weighted by atomic mass is 10.1. The molecule has 0 spiro atoms. The lowest BCUT2D eigenvalue weighted by molar-refractivity contribution is -0.140. The van der Waals surface area contributed by atoms with E-state index in [-0.39, 0.29) is 28.8 Å². The Morgan fingerprint density at radius 2 is 2.13 bits per heavy atom. The van der Waals surface area contributed by atoms with Crippen LogP contribution < -0.4 is 5.32 Å². The van der Waals surface area contributed by atoms with E-state index < -0.39 is 0 Å². The minimum Gasteiger partial charge on any atom is -0.348 e. The number of amides is 2. The Balaban J connectivity index is 1.70. The number of rotatable bonds is 3. The van der Waals surface area contributed by atoms with Crippen molar-refractivity contribution in [3.05, 3.63) is 34.9 Å². The van der Waals surface area contributed by atoms with Crippen molar-refractivity contribution in [3.8, 4) is 0 Å². The molecule has 2 heterocycles. The summed E-state index contributed by atoms with van der Waals surface area (Å²) in [4.78, 5) is 26.5. The smallest absolute Gasteiger partial charge is 0.244 e. The largest absolute Gasteiger partial charge is 0.348 e. The molecule has 2 amide bonds. The quantitative estimate of drug-likeness (QED) is 0.888. The average Bonchev–Trinajstić information content (AvgIpc) is 2.87. The molecule has 1 N–H and O–H groups in total. The van der Waals surface area contributed by atoms with Crippen LogP contribution in [0.5, 0.6) is 0 Å². The molecule has 1 aromatic carbocycles. The van der Waals surface area contributed by atoms with E-state index in [1.807, 2.05) is 31.2 Å². The number of carbonyl (C=O) groups is 2. The van der Waals surface area contributed by atoms with Crippen LogP contribution >= 0.6 is 35.1 Å². The first-order valence-corrected chi connectivity index (χ1v) is 10.0. The minimum absolute atomic E-state index is 0.0630. The summed E-state index contributed by atoms with van der Waals surface area (Å²) < 4.78 is 0. The lowest BCUT2D eigenvalue weighted by Crippen LogP contribution is -2.57. The number of nitrogens with one attached hydrogen (secondary N) is 1. The second-order valence-corrected chi connectivity index (χ2v) is 8.96. The van der Waals surface area contributed by atoms with Gasteiger partial charge in [-0.3, -0.25) is 9.59 Å². The van der Waals surface area contributed by atoms with Crippen molar-refractivity contribution in [2.24, 2.45) is 0 Å². The topological polar surface area (TPSA) is 49.4 Å². The molecule has 0 aliphatic carbocycles. The number of thioether (sulfide) groups is 2. The van der Waals surface area contributed by atoms with Crippen molar-refractivity contribution in [2.75, 3.05) is 17.3 Å². The Morgan fingerprint density at radius 3 is 2.83 bits per heavy atom. The molecule has 124 valence electrons. The summed E-state index contributed by atoms with van der Waals surface area (Å²) in [6.45, 7) is 3.99. The predicted molar refractivity (Wildman–Crippen MR) is 96.8 cm³/mol. The molecule has 2 aliphatic rings. The third-order valence-electron chi connectivity index (χ3n) is 4.27. The van der Waals surface area contributed by atoms with Crippen LogP contribution in [-0.4, -0.2) is 44.9 Å². The van der Waals surface area contributed by atoms with Crippen LogP contribution in [0.25, 0.3) is 0 Å². The van der Waals surface area contributed by atoms with Gasteiger partial charge in [0.25, 0.3) is 0 Å². The maximum Gasteiger partial charge on any atom is 0.244 e. The predicted octanol–water partition coefficient (Wildman–Crippen LogP) is 2.92. The highest BCUT2D eigenvalue weighted by Crippen LogP contribution is 2.44. The number of carbonyl (C=O) groups excluding carboxylic acids is 2. The molecule has 0 aromatic heterocycles. The SMILES string of the molecule is C[C@H](NC(=O)[C@@H]1CS[C@]2(C)CSCC(=O)N12)c1ccc(Cl)cc1. The van der Waals surface area contributed by atoms with Gasteiger partial charge in [-0.1, -0.05) is 23.7 Å². The molecular formula is C16H19ClN2O2S2. The van der Waals surface area contributed by atoms with Crippen LogP contribution in [0, 0.1) is 0 Å². The first kappa shape index (κ1) is 17.0. The maximum absolute atomic E-state index is 12.7. The fraction of sp³-hybridized carbons (Fsp3) is 0.500. The molecule has 0 unspecified atom stereocenters. The third kappa shape index (κ3) is 3.35. The van der Waals surface area contributed by atoms with Crippen LogP contribution in [-0.2, 0) is 9.59 Å². The molecule has 0 radical (unpaired) electrons. The van der Waals surface area contributed by atoms with Crippen molar-refractivity contribution in [3.63, 3.8) is 0 Å². The summed E-state index contributed by atoms with van der Waals surface area (Å²) in [7, 11) is 0. The van der Waals surface area contributed by atoms with E-state index in [2.05, 4.69) is 12.2 Å². The highest BCUT2D eigenvalue weighted by Gasteiger charge is 2.51. The number of benzene rings is 1. The average molecular weight is 371 g/mol. The van der Waals surface area contributed by atoms with Gasteiger partial charge in [-0.2, -0.15) is 0 Å². The van der Waals surface area contributed by atoms with E-state index in [0.717, 1.165) is 11.3 Å². The van der Waals surface area contributed by atoms with Gasteiger partial charge in [0.1, 0.15) is 6.04 Å². The fourth-order valence-electron chi connectivity index (χ4n) is 3.02. The Morgan fingerprint density at radius 1 is 1.43 bits per heavy atom. The molecule has 23 heavy (non-hydrogen) atoms. The molecule has 2 aliphatic heterocycles. The zero-order chi connectivity index (χ0) is 16.6. The van der Waals surface area contributed by atoms with Crippen molar-refractivity contribution in [1.29, 1.82) is 0 Å². The van der Waals surface area contributed by atoms with Gasteiger partial charge in [0.15, 0.2) is 0 Å². The number of halogens is 1. The Hall–Kier alpha value is -0.850. The highest BCUT2D eigenvalue weighted by atomic mass is 35.5. The molecule has 3 atom stereocenters. The normalized spacial score (nSPS) is 28.4. The first-order chi connectivity index (χ1) is 10.9. The zero-order valence-corrected chi connectivity index (χ0v) is 15.4. The first-order valence-electron chi connectivity index (χ1n) is 7.50. The number of hydrogen-bond donors (Lipinski definition) is 1. The van der Waals surface area contributed by atoms with Gasteiger partial charge >= 0.3 is 0 Å². The second kappa shape index (κ2) is 6.57. The summed E-state index contributed by atoms with van der Waals surface area (Å²) in [6.07, 6.45) is 0. The zero-order valence-electron chi connectivity index (χ0n) is 13.0. The third-order valence-corrected chi connectivity index (χ3v) is 7.37. The summed E-state index contributed by atoms with van der Waals surface area (Å²) in [5.74, 6) is 1.98. The number of fused-ring (bicyclic) bond motifs is 1. The molecule has 3 rings (SSSR count). The van der Waals surface area contributed by atoms with Crippen molar-refractivity contribution < 1.29 is 9.59 Å². The molecule has 2 fully saturated rings. The summed E-state index contributed by atoms with van der Waals surface area (Å²) in [5.41, 5.74) is 0.997. The summed E-state index contributed by atoms with van der Waals surface area (Å²) >= 11 is 9.24. The van der Waals surface area contributed by atoms with Gasteiger partial charge < -0.3 is 10.2 Å². The molecule has 7 heteroatoms. The standard InChI is InChI=1S/C16H19ClN2O2S2/c1-10(11-3-5-12(17)6-4-11)18-15(21)13-7-23-16(2)9-22-8-14(20)19(13)16/h3-6,10,13H,7-9H2,1-2H3,(H,18,21)/t10-,13-,16+/m0/s1. The van der Waals surface area contributed by atoms with Gasteiger partial charge in [0.2, 0.25) is 11.8 Å². The van der Waals surface area contributed by atoms with Crippen LogP contribution in [0.2, 0.25) is 5.02 Å². The molecule has 4 nitrogen and oxygen atoms in total. The van der Waals surface area contributed by atoms with E-state index in [9.17, 15) is 9.59 Å². The van der Waals surface area contributed by atoms with Crippen molar-refractivity contribution >= 4 is 46.9 Å². The van der Waals surface area contributed by atoms with Crippen LogP contribution in [0.15, 0.2) is 24.3 Å². The van der Waals surface area contributed by atoms with Gasteiger partial charge in [0.05, 0.1) is 16.7 Å². The van der Waals surface area contributed by atoms with Crippen LogP contribution in [0.1, 0.15) is 25.5 Å². The number of nitrogens with zero attached hydrogens (tertiary/aromatic N) is 1. The van der Waals surface area contributed by atoms with Crippen molar-refractivity contribution in [2.45, 2.75) is 30.8 Å². The molecule has 0 bridgehead atoms. The summed E-state index contributed by atoms with van der Waals surface area (Å²) in [5, 5.41) is 3.71. The Labute approximate surface area is 149 Å². The van der Waals surface area contributed by atoms with E-state index >= 15 is 0 Å². The Bertz CT molecular complexity index is 625. The molecular weight excluding hydrogens is 352 g/mol. The van der Waals surface area contributed by atoms with Gasteiger partial charge in [0, 0.05) is 16.5 Å². The lowest BCUT2D eigenvalue weighted by Gasteiger charge is -2.40. The Kier molecular flexibility index (Phi) is 4.85. The maximum atomic E-state index is 12.7. The number of hydrogen-bond acceptors (Lipinski definition) is 4. The molecule has 0 saturated carbocycles.